The van der Waals surface area contributed by atoms with E-state index in [1.807, 2.05) is 49.0 Å². The number of hydrogen-bond donors (Lipinski definition) is 2. The number of rotatable bonds is 5. The highest BCUT2D eigenvalue weighted by Crippen LogP contribution is 2.50. The van der Waals surface area contributed by atoms with Crippen LogP contribution in [0.25, 0.3) is 33.5 Å². The Hall–Kier alpha value is -3.57. The molecule has 0 atom stereocenters. The Morgan fingerprint density at radius 3 is 2.87 bits per heavy atom. The molecule has 0 amide bonds. The fraction of sp³-hybridized carbons (Fsp3) is 0.348. The third-order valence-corrected chi connectivity index (χ3v) is 6.37. The summed E-state index contributed by atoms with van der Waals surface area (Å²) in [4.78, 5) is 9.38. The molecule has 31 heavy (non-hydrogen) atoms. The maximum atomic E-state index is 10.4. The molecule has 4 aromatic heterocycles. The van der Waals surface area contributed by atoms with Gasteiger partial charge in [-0.25, -0.2) is 4.98 Å². The quantitative estimate of drug-likeness (QED) is 0.516. The van der Waals surface area contributed by atoms with E-state index < -0.39 is 11.1 Å². The van der Waals surface area contributed by atoms with Gasteiger partial charge in [-0.1, -0.05) is 0 Å². The molecule has 1 fully saturated rings. The van der Waals surface area contributed by atoms with Crippen molar-refractivity contribution in [2.75, 3.05) is 0 Å². The molecule has 4 aromatic rings. The van der Waals surface area contributed by atoms with Crippen LogP contribution in [0.2, 0.25) is 0 Å². The van der Waals surface area contributed by atoms with Crippen molar-refractivity contribution in [1.29, 1.82) is 5.26 Å². The Kier molecular flexibility index (Phi) is 4.38. The largest absolute Gasteiger partial charge is 0.390 e. The second-order valence-electron chi connectivity index (χ2n) is 8.88. The SMILES string of the molecule is CC(C)(O)[C@H]1C[C@@](CC#N)(n2ccc(-c3nc(-c4cn[nH]c4)cc4ncccc34)n2)C1. The summed E-state index contributed by atoms with van der Waals surface area (Å²) < 4.78 is 1.89. The van der Waals surface area contributed by atoms with Crippen LogP contribution in [0.4, 0.5) is 0 Å². The van der Waals surface area contributed by atoms with E-state index in [0.717, 1.165) is 46.4 Å². The van der Waals surface area contributed by atoms with Gasteiger partial charge in [0.1, 0.15) is 11.4 Å². The minimum absolute atomic E-state index is 0.140. The van der Waals surface area contributed by atoms with Crippen LogP contribution in [0.1, 0.15) is 33.1 Å². The normalized spacial score (nSPS) is 21.0. The van der Waals surface area contributed by atoms with Gasteiger partial charge in [0, 0.05) is 29.5 Å². The number of nitriles is 1. The first-order valence-electron chi connectivity index (χ1n) is 10.3. The van der Waals surface area contributed by atoms with Gasteiger partial charge < -0.3 is 5.11 Å². The van der Waals surface area contributed by atoms with Gasteiger partial charge in [-0.05, 0) is 56.9 Å². The monoisotopic (exact) mass is 413 g/mol. The molecule has 1 aliphatic rings. The Bertz CT molecular complexity index is 1270. The molecule has 2 N–H and O–H groups in total. The average Bonchev–Trinajstić information content (AvgIpc) is 3.41. The lowest BCUT2D eigenvalue weighted by Crippen LogP contribution is -2.53. The molecular formula is C23H23N7O. The number of aromatic nitrogens is 6. The van der Waals surface area contributed by atoms with Crippen molar-refractivity contribution in [2.24, 2.45) is 5.92 Å². The van der Waals surface area contributed by atoms with Crippen molar-refractivity contribution in [2.45, 2.75) is 44.2 Å². The summed E-state index contributed by atoms with van der Waals surface area (Å²) in [6.45, 7) is 3.65. The van der Waals surface area contributed by atoms with Crippen LogP contribution in [0.15, 0.2) is 49.1 Å². The van der Waals surface area contributed by atoms with Crippen LogP contribution in [0.5, 0.6) is 0 Å². The van der Waals surface area contributed by atoms with E-state index in [2.05, 4.69) is 21.3 Å². The molecule has 0 spiro atoms. The van der Waals surface area contributed by atoms with Gasteiger partial charge in [-0.3, -0.25) is 14.8 Å². The molecule has 8 nitrogen and oxygen atoms in total. The lowest BCUT2D eigenvalue weighted by molar-refractivity contribution is -0.0810. The molecule has 0 radical (unpaired) electrons. The number of nitrogens with one attached hydrogen (secondary N) is 1. The number of nitrogens with zero attached hydrogens (tertiary/aromatic N) is 6. The van der Waals surface area contributed by atoms with Crippen LogP contribution in [0.3, 0.4) is 0 Å². The number of H-pyrrole nitrogens is 1. The van der Waals surface area contributed by atoms with Crippen molar-refractivity contribution in [3.05, 3.63) is 49.1 Å². The van der Waals surface area contributed by atoms with Gasteiger partial charge in [0.25, 0.3) is 0 Å². The first-order valence-corrected chi connectivity index (χ1v) is 10.3. The van der Waals surface area contributed by atoms with Crippen molar-refractivity contribution in [3.8, 4) is 28.7 Å². The highest BCUT2D eigenvalue weighted by molar-refractivity contribution is 5.93. The molecule has 1 saturated carbocycles. The number of hydrogen-bond acceptors (Lipinski definition) is 6. The molecule has 5 rings (SSSR count). The topological polar surface area (TPSA) is 116 Å². The third kappa shape index (κ3) is 3.27. The van der Waals surface area contributed by atoms with Crippen LogP contribution in [0, 0.1) is 17.2 Å². The molecule has 0 aromatic carbocycles. The molecule has 0 unspecified atom stereocenters. The molecule has 156 valence electrons. The Balaban J connectivity index is 1.58. The van der Waals surface area contributed by atoms with E-state index >= 15 is 0 Å². The zero-order valence-electron chi connectivity index (χ0n) is 17.4. The molecule has 0 aliphatic heterocycles. The van der Waals surface area contributed by atoms with E-state index in [4.69, 9.17) is 10.1 Å². The van der Waals surface area contributed by atoms with E-state index in [1.165, 1.54) is 0 Å². The Morgan fingerprint density at radius 2 is 2.16 bits per heavy atom. The maximum absolute atomic E-state index is 10.4. The second-order valence-corrected chi connectivity index (χ2v) is 8.88. The van der Waals surface area contributed by atoms with Crippen LogP contribution in [-0.2, 0) is 5.54 Å². The zero-order chi connectivity index (χ0) is 21.6. The minimum atomic E-state index is -0.767. The van der Waals surface area contributed by atoms with E-state index in [9.17, 15) is 10.4 Å². The number of pyridine rings is 2. The van der Waals surface area contributed by atoms with Gasteiger partial charge in [0.15, 0.2) is 0 Å². The van der Waals surface area contributed by atoms with Crippen molar-refractivity contribution in [3.63, 3.8) is 0 Å². The fourth-order valence-electron chi connectivity index (χ4n) is 4.44. The summed E-state index contributed by atoms with van der Waals surface area (Å²) in [5, 5.41) is 32.4. The van der Waals surface area contributed by atoms with E-state index in [1.54, 1.807) is 18.6 Å². The number of aliphatic hydroxyl groups is 1. The summed E-state index contributed by atoms with van der Waals surface area (Å²) in [5.74, 6) is 0.140. The lowest BCUT2D eigenvalue weighted by Gasteiger charge is -2.51. The van der Waals surface area contributed by atoms with Crippen LogP contribution < -0.4 is 0 Å². The molecule has 0 saturated heterocycles. The molecule has 1 aliphatic carbocycles. The zero-order valence-corrected chi connectivity index (χ0v) is 17.4. The smallest absolute Gasteiger partial charge is 0.111 e. The fourth-order valence-corrected chi connectivity index (χ4v) is 4.44. The van der Waals surface area contributed by atoms with Crippen molar-refractivity contribution >= 4 is 10.9 Å². The number of fused-ring (bicyclic) bond motifs is 1. The van der Waals surface area contributed by atoms with Gasteiger partial charge in [-0.15, -0.1) is 0 Å². The van der Waals surface area contributed by atoms with Gasteiger partial charge in [0.05, 0.1) is 41.0 Å². The molecular weight excluding hydrogens is 390 g/mol. The summed E-state index contributed by atoms with van der Waals surface area (Å²) >= 11 is 0. The molecule has 4 heterocycles. The third-order valence-electron chi connectivity index (χ3n) is 6.37. The summed E-state index contributed by atoms with van der Waals surface area (Å²) in [7, 11) is 0. The first-order chi connectivity index (χ1) is 14.9. The number of aromatic amines is 1. The van der Waals surface area contributed by atoms with Crippen molar-refractivity contribution < 1.29 is 5.11 Å². The maximum Gasteiger partial charge on any atom is 0.111 e. The standard InChI is InChI=1S/C23H23N7O/c1-22(2,31)16-11-23(12-16,6-7-24)30-9-5-18(29-30)21-17-4-3-8-25-20(17)10-19(28-21)15-13-26-27-14-15/h3-5,8-10,13-14,16,31H,6,11-12H2,1-2H3,(H,26,27)/t16-,23+. The van der Waals surface area contributed by atoms with Crippen LogP contribution >= 0.6 is 0 Å². The Labute approximate surface area is 179 Å². The average molecular weight is 413 g/mol. The summed E-state index contributed by atoms with van der Waals surface area (Å²) in [5.41, 5.74) is 2.78. The second kappa shape index (κ2) is 7.00. The molecule has 8 heteroatoms. The van der Waals surface area contributed by atoms with Crippen LogP contribution in [-0.4, -0.2) is 40.7 Å². The first kappa shape index (κ1) is 19.4. The predicted octanol–water partition coefficient (Wildman–Crippen LogP) is 3.67. The highest BCUT2D eigenvalue weighted by Gasteiger charge is 2.51. The highest BCUT2D eigenvalue weighted by atomic mass is 16.3. The predicted molar refractivity (Wildman–Crippen MR) is 116 cm³/mol. The Morgan fingerprint density at radius 1 is 1.32 bits per heavy atom. The van der Waals surface area contributed by atoms with E-state index in [-0.39, 0.29) is 5.92 Å². The minimum Gasteiger partial charge on any atom is -0.390 e. The summed E-state index contributed by atoms with van der Waals surface area (Å²) in [6.07, 6.45) is 9.00. The van der Waals surface area contributed by atoms with Crippen molar-refractivity contribution in [1.82, 2.24) is 29.9 Å². The summed E-state index contributed by atoms with van der Waals surface area (Å²) in [6, 6.07) is 10.1. The van der Waals surface area contributed by atoms with E-state index in [0.29, 0.717) is 6.42 Å². The van der Waals surface area contributed by atoms with Gasteiger partial charge >= 0.3 is 0 Å². The molecule has 0 bridgehead atoms. The van der Waals surface area contributed by atoms with Gasteiger partial charge in [0.2, 0.25) is 0 Å². The lowest BCUT2D eigenvalue weighted by atomic mass is 9.61. The van der Waals surface area contributed by atoms with Gasteiger partial charge in [-0.2, -0.15) is 15.5 Å².